The van der Waals surface area contributed by atoms with Crippen LogP contribution in [0.15, 0.2) is 48.5 Å². The highest BCUT2D eigenvalue weighted by atomic mass is 16.5. The van der Waals surface area contributed by atoms with Crippen molar-refractivity contribution in [1.29, 1.82) is 0 Å². The van der Waals surface area contributed by atoms with Gasteiger partial charge in [-0.3, -0.25) is 0 Å². The van der Waals surface area contributed by atoms with Crippen LogP contribution in [0, 0.1) is 5.92 Å². The molecule has 3 aromatic rings. The largest absolute Gasteiger partial charge is 0.497 e. The Morgan fingerprint density at radius 1 is 1.14 bits per heavy atom. The zero-order valence-electron chi connectivity index (χ0n) is 17.2. The van der Waals surface area contributed by atoms with E-state index in [9.17, 15) is 0 Å². The molecule has 4 N–H and O–H groups in total. The molecule has 152 valence electrons. The fourth-order valence-corrected chi connectivity index (χ4v) is 5.07. The maximum atomic E-state index is 6.98. The molecule has 0 amide bonds. The SMILES string of the molecule is COc1cccc([C@H]2Cc3[nH]c4ccccc4c3[C@@H](CCNCC3CC3)[C@@H]2N)c1. The summed E-state index contributed by atoms with van der Waals surface area (Å²) in [5.41, 5.74) is 12.3. The molecule has 0 spiro atoms. The fraction of sp³-hybridized carbons (Fsp3) is 0.440. The van der Waals surface area contributed by atoms with Gasteiger partial charge in [-0.25, -0.2) is 0 Å². The number of benzene rings is 2. The van der Waals surface area contributed by atoms with E-state index in [-0.39, 0.29) is 6.04 Å². The molecule has 4 nitrogen and oxygen atoms in total. The molecule has 1 fully saturated rings. The summed E-state index contributed by atoms with van der Waals surface area (Å²) in [7, 11) is 1.73. The van der Waals surface area contributed by atoms with Crippen molar-refractivity contribution in [3.05, 3.63) is 65.4 Å². The van der Waals surface area contributed by atoms with Crippen LogP contribution in [0.25, 0.3) is 10.9 Å². The highest BCUT2D eigenvalue weighted by molar-refractivity contribution is 5.85. The van der Waals surface area contributed by atoms with Crippen LogP contribution >= 0.6 is 0 Å². The Morgan fingerprint density at radius 2 is 2.00 bits per heavy atom. The predicted molar refractivity (Wildman–Crippen MR) is 119 cm³/mol. The molecular weight excluding hydrogens is 358 g/mol. The number of rotatable bonds is 7. The lowest BCUT2D eigenvalue weighted by Gasteiger charge is -2.37. The number of nitrogens with two attached hydrogens (primary N) is 1. The maximum absolute atomic E-state index is 6.98. The molecule has 1 saturated carbocycles. The van der Waals surface area contributed by atoms with Crippen molar-refractivity contribution in [2.75, 3.05) is 20.2 Å². The summed E-state index contributed by atoms with van der Waals surface area (Å²) >= 11 is 0. The topological polar surface area (TPSA) is 63.1 Å². The summed E-state index contributed by atoms with van der Waals surface area (Å²) in [5.74, 6) is 2.44. The number of hydrogen-bond acceptors (Lipinski definition) is 3. The van der Waals surface area contributed by atoms with E-state index in [1.54, 1.807) is 7.11 Å². The van der Waals surface area contributed by atoms with Gasteiger partial charge in [0.15, 0.2) is 0 Å². The van der Waals surface area contributed by atoms with Crippen LogP contribution in [0.5, 0.6) is 5.75 Å². The van der Waals surface area contributed by atoms with Gasteiger partial charge in [0.05, 0.1) is 7.11 Å². The first kappa shape index (κ1) is 18.7. The molecule has 0 unspecified atom stereocenters. The smallest absolute Gasteiger partial charge is 0.119 e. The van der Waals surface area contributed by atoms with Crippen LogP contribution in [-0.2, 0) is 6.42 Å². The number of para-hydroxylation sites is 1. The molecule has 0 radical (unpaired) electrons. The average molecular weight is 390 g/mol. The van der Waals surface area contributed by atoms with Gasteiger partial charge in [-0.15, -0.1) is 0 Å². The first-order chi connectivity index (χ1) is 14.2. The number of fused-ring (bicyclic) bond motifs is 3. The summed E-state index contributed by atoms with van der Waals surface area (Å²) in [4.78, 5) is 3.71. The van der Waals surface area contributed by atoms with Crippen molar-refractivity contribution in [3.63, 3.8) is 0 Å². The molecule has 1 heterocycles. The Hall–Kier alpha value is -2.30. The highest BCUT2D eigenvalue weighted by Gasteiger charge is 2.37. The van der Waals surface area contributed by atoms with E-state index in [0.717, 1.165) is 37.6 Å². The Labute approximate surface area is 172 Å². The number of ether oxygens (including phenoxy) is 1. The second-order valence-electron chi connectivity index (χ2n) is 8.77. The Balaban J connectivity index is 1.48. The standard InChI is InChI=1S/C25H31N3O/c1-29-18-6-4-5-17(13-18)21-14-23-24(19-7-2-3-8-22(19)28-23)20(25(21)26)11-12-27-15-16-9-10-16/h2-8,13,16,20-21,25,27-28H,9-12,14-15,26H2,1H3/t20-,21-,25+/m1/s1. The van der Waals surface area contributed by atoms with Crippen LogP contribution in [0.2, 0.25) is 0 Å². The number of nitrogens with one attached hydrogen (secondary N) is 2. The lowest BCUT2D eigenvalue weighted by molar-refractivity contribution is 0.387. The van der Waals surface area contributed by atoms with E-state index in [4.69, 9.17) is 10.5 Å². The number of hydrogen-bond donors (Lipinski definition) is 3. The minimum atomic E-state index is 0.0940. The monoisotopic (exact) mass is 389 g/mol. The molecular formula is C25H31N3O. The van der Waals surface area contributed by atoms with Gasteiger partial charge < -0.3 is 20.8 Å². The van der Waals surface area contributed by atoms with Crippen molar-refractivity contribution in [2.45, 2.75) is 43.6 Å². The summed E-state index contributed by atoms with van der Waals surface area (Å²) < 4.78 is 5.47. The van der Waals surface area contributed by atoms with Crippen molar-refractivity contribution >= 4 is 10.9 Å². The molecule has 2 aliphatic rings. The van der Waals surface area contributed by atoms with Crippen LogP contribution < -0.4 is 15.8 Å². The third kappa shape index (κ3) is 3.67. The average Bonchev–Trinajstić information content (AvgIpc) is 3.51. The normalized spacial score (nSPS) is 23.9. The first-order valence-corrected chi connectivity index (χ1v) is 10.9. The summed E-state index contributed by atoms with van der Waals surface area (Å²) in [6.07, 6.45) is 4.80. The second-order valence-corrected chi connectivity index (χ2v) is 8.77. The Bertz CT molecular complexity index is 991. The van der Waals surface area contributed by atoms with Crippen LogP contribution in [0.4, 0.5) is 0 Å². The van der Waals surface area contributed by atoms with E-state index in [2.05, 4.69) is 52.8 Å². The van der Waals surface area contributed by atoms with Gasteiger partial charge >= 0.3 is 0 Å². The molecule has 1 aromatic heterocycles. The number of H-pyrrole nitrogens is 1. The van der Waals surface area contributed by atoms with E-state index in [1.807, 2.05) is 6.07 Å². The highest BCUT2D eigenvalue weighted by Crippen LogP contribution is 2.44. The van der Waals surface area contributed by atoms with Gasteiger partial charge in [0.25, 0.3) is 0 Å². The van der Waals surface area contributed by atoms with Gasteiger partial charge in [-0.1, -0.05) is 30.3 Å². The van der Waals surface area contributed by atoms with E-state index in [1.165, 1.54) is 40.6 Å². The molecule has 3 atom stereocenters. The number of aromatic amines is 1. The number of methoxy groups -OCH3 is 1. The molecule has 5 rings (SSSR count). The van der Waals surface area contributed by atoms with Crippen molar-refractivity contribution < 1.29 is 4.74 Å². The first-order valence-electron chi connectivity index (χ1n) is 10.9. The fourth-order valence-electron chi connectivity index (χ4n) is 5.07. The Morgan fingerprint density at radius 3 is 2.83 bits per heavy atom. The van der Waals surface area contributed by atoms with Crippen molar-refractivity contribution in [3.8, 4) is 5.75 Å². The second kappa shape index (κ2) is 7.85. The molecule has 0 bridgehead atoms. The zero-order valence-corrected chi connectivity index (χ0v) is 17.2. The molecule has 4 heteroatoms. The minimum Gasteiger partial charge on any atom is -0.497 e. The third-order valence-electron chi connectivity index (χ3n) is 6.84. The summed E-state index contributed by atoms with van der Waals surface area (Å²) in [6.45, 7) is 2.18. The van der Waals surface area contributed by atoms with Gasteiger partial charge in [0.1, 0.15) is 5.75 Å². The Kier molecular flexibility index (Phi) is 5.06. The van der Waals surface area contributed by atoms with Crippen LogP contribution in [-0.4, -0.2) is 31.2 Å². The summed E-state index contributed by atoms with van der Waals surface area (Å²) in [6, 6.07) is 17.2. The van der Waals surface area contributed by atoms with Gasteiger partial charge in [-0.2, -0.15) is 0 Å². The van der Waals surface area contributed by atoms with Gasteiger partial charge in [-0.05, 0) is 74.0 Å². The van der Waals surface area contributed by atoms with Crippen LogP contribution in [0.1, 0.15) is 47.9 Å². The summed E-state index contributed by atoms with van der Waals surface area (Å²) in [5, 5.41) is 5.02. The van der Waals surface area contributed by atoms with Crippen molar-refractivity contribution in [1.82, 2.24) is 10.3 Å². The number of aromatic nitrogens is 1. The van der Waals surface area contributed by atoms with Gasteiger partial charge in [0.2, 0.25) is 0 Å². The maximum Gasteiger partial charge on any atom is 0.119 e. The lowest BCUT2D eigenvalue weighted by atomic mass is 9.71. The van der Waals surface area contributed by atoms with E-state index >= 15 is 0 Å². The zero-order chi connectivity index (χ0) is 19.8. The quantitative estimate of drug-likeness (QED) is 0.528. The van der Waals surface area contributed by atoms with Gasteiger partial charge in [0, 0.05) is 34.5 Å². The predicted octanol–water partition coefficient (Wildman–Crippen LogP) is 4.32. The molecule has 0 saturated heterocycles. The van der Waals surface area contributed by atoms with Crippen LogP contribution in [0.3, 0.4) is 0 Å². The molecule has 2 aliphatic carbocycles. The van der Waals surface area contributed by atoms with E-state index in [0.29, 0.717) is 11.8 Å². The molecule has 29 heavy (non-hydrogen) atoms. The third-order valence-corrected chi connectivity index (χ3v) is 6.84. The van der Waals surface area contributed by atoms with E-state index < -0.39 is 0 Å². The molecule has 2 aromatic carbocycles. The lowest BCUT2D eigenvalue weighted by Crippen LogP contribution is -2.41. The minimum absolute atomic E-state index is 0.0940. The van der Waals surface area contributed by atoms with Crippen molar-refractivity contribution in [2.24, 2.45) is 11.7 Å². The molecule has 0 aliphatic heterocycles.